The Balaban J connectivity index is 1.69. The molecule has 0 atom stereocenters. The Kier molecular flexibility index (Phi) is 6.19. The first-order chi connectivity index (χ1) is 13.8. The van der Waals surface area contributed by atoms with Gasteiger partial charge in [0.2, 0.25) is 0 Å². The summed E-state index contributed by atoms with van der Waals surface area (Å²) in [5.41, 5.74) is 2.55. The summed E-state index contributed by atoms with van der Waals surface area (Å²) in [6.07, 6.45) is 0. The summed E-state index contributed by atoms with van der Waals surface area (Å²) >= 11 is 0. The van der Waals surface area contributed by atoms with Crippen molar-refractivity contribution in [2.45, 2.75) is 24.7 Å². The summed E-state index contributed by atoms with van der Waals surface area (Å²) in [7, 11) is -3.73. The largest absolute Gasteiger partial charge is 0.323 e. The maximum Gasteiger partial charge on any atom is 0.323 e. The standard InChI is InChI=1S/C22H23N3O3S/c1-16(2)17-11-13-21(14-12-17)29(27,28)25-20-10-6-9-19(15-20)24-22(26)23-18-7-4-3-5-8-18/h3-16,25H,1-2H3,(H2,23,24,26). The van der Waals surface area contributed by atoms with E-state index in [1.165, 1.54) is 0 Å². The molecule has 150 valence electrons. The molecule has 0 aliphatic heterocycles. The first kappa shape index (κ1) is 20.4. The minimum absolute atomic E-state index is 0.182. The van der Waals surface area contributed by atoms with Crippen molar-refractivity contribution in [2.75, 3.05) is 15.4 Å². The highest BCUT2D eigenvalue weighted by atomic mass is 32.2. The molecular weight excluding hydrogens is 386 g/mol. The minimum Gasteiger partial charge on any atom is -0.308 e. The molecule has 0 spiro atoms. The Bertz CT molecular complexity index is 1080. The fourth-order valence-electron chi connectivity index (χ4n) is 2.72. The second-order valence-corrected chi connectivity index (χ2v) is 8.54. The average molecular weight is 410 g/mol. The van der Waals surface area contributed by atoms with E-state index in [2.05, 4.69) is 15.4 Å². The fourth-order valence-corrected chi connectivity index (χ4v) is 3.77. The monoisotopic (exact) mass is 409 g/mol. The molecule has 0 saturated heterocycles. The van der Waals surface area contributed by atoms with Gasteiger partial charge < -0.3 is 10.6 Å². The normalized spacial score (nSPS) is 11.1. The van der Waals surface area contributed by atoms with Crippen molar-refractivity contribution in [1.82, 2.24) is 0 Å². The van der Waals surface area contributed by atoms with E-state index in [4.69, 9.17) is 0 Å². The Morgan fingerprint density at radius 1 is 0.759 bits per heavy atom. The number of para-hydroxylation sites is 1. The van der Waals surface area contributed by atoms with Crippen molar-refractivity contribution in [3.63, 3.8) is 0 Å². The van der Waals surface area contributed by atoms with Crippen LogP contribution in [0.4, 0.5) is 21.9 Å². The topological polar surface area (TPSA) is 87.3 Å². The molecule has 7 heteroatoms. The molecule has 2 amide bonds. The van der Waals surface area contributed by atoms with Crippen LogP contribution in [-0.4, -0.2) is 14.4 Å². The maximum absolute atomic E-state index is 12.6. The van der Waals surface area contributed by atoms with Crippen LogP contribution in [0.15, 0.2) is 83.8 Å². The molecule has 3 rings (SSSR count). The Morgan fingerprint density at radius 2 is 1.34 bits per heavy atom. The number of amides is 2. The van der Waals surface area contributed by atoms with Gasteiger partial charge in [0.05, 0.1) is 10.6 Å². The van der Waals surface area contributed by atoms with E-state index >= 15 is 0 Å². The van der Waals surface area contributed by atoms with Crippen molar-refractivity contribution >= 4 is 33.1 Å². The van der Waals surface area contributed by atoms with Crippen LogP contribution in [0.5, 0.6) is 0 Å². The van der Waals surface area contributed by atoms with Crippen molar-refractivity contribution in [2.24, 2.45) is 0 Å². The summed E-state index contributed by atoms with van der Waals surface area (Å²) in [6.45, 7) is 4.10. The second kappa shape index (κ2) is 8.79. The molecule has 0 aromatic heterocycles. The van der Waals surface area contributed by atoms with E-state index in [0.717, 1.165) is 5.56 Å². The third-order valence-corrected chi connectivity index (χ3v) is 5.66. The molecular formula is C22H23N3O3S. The van der Waals surface area contributed by atoms with Crippen LogP contribution in [0, 0.1) is 0 Å². The Hall–Kier alpha value is -3.32. The lowest BCUT2D eigenvalue weighted by Gasteiger charge is -2.12. The number of carbonyl (C=O) groups excluding carboxylic acids is 1. The highest BCUT2D eigenvalue weighted by Crippen LogP contribution is 2.22. The number of sulfonamides is 1. The van der Waals surface area contributed by atoms with Crippen molar-refractivity contribution in [1.29, 1.82) is 0 Å². The van der Waals surface area contributed by atoms with Crippen molar-refractivity contribution in [3.05, 3.63) is 84.4 Å². The third-order valence-electron chi connectivity index (χ3n) is 4.26. The lowest BCUT2D eigenvalue weighted by atomic mass is 10.0. The molecule has 0 radical (unpaired) electrons. The molecule has 3 N–H and O–H groups in total. The number of nitrogens with one attached hydrogen (secondary N) is 3. The third kappa shape index (κ3) is 5.58. The van der Waals surface area contributed by atoms with Crippen LogP contribution in [0.2, 0.25) is 0 Å². The number of hydrogen-bond acceptors (Lipinski definition) is 3. The van der Waals surface area contributed by atoms with Gasteiger partial charge in [-0.3, -0.25) is 4.72 Å². The van der Waals surface area contributed by atoms with E-state index in [1.54, 1.807) is 48.5 Å². The average Bonchev–Trinajstić information content (AvgIpc) is 2.68. The lowest BCUT2D eigenvalue weighted by Crippen LogP contribution is -2.19. The first-order valence-electron chi connectivity index (χ1n) is 9.19. The first-order valence-corrected chi connectivity index (χ1v) is 10.7. The zero-order valence-electron chi connectivity index (χ0n) is 16.2. The quantitative estimate of drug-likeness (QED) is 0.519. The molecule has 3 aromatic rings. The van der Waals surface area contributed by atoms with Gasteiger partial charge in [0.1, 0.15) is 0 Å². The summed E-state index contributed by atoms with van der Waals surface area (Å²) < 4.78 is 27.8. The molecule has 6 nitrogen and oxygen atoms in total. The predicted molar refractivity (Wildman–Crippen MR) is 117 cm³/mol. The summed E-state index contributed by atoms with van der Waals surface area (Å²) in [6, 6.07) is 22.0. The van der Waals surface area contributed by atoms with Gasteiger partial charge in [-0.2, -0.15) is 0 Å². The van der Waals surface area contributed by atoms with Gasteiger partial charge >= 0.3 is 6.03 Å². The molecule has 0 saturated carbocycles. The van der Waals surface area contributed by atoms with Crippen molar-refractivity contribution < 1.29 is 13.2 Å². The minimum atomic E-state index is -3.73. The molecule has 0 unspecified atom stereocenters. The molecule has 0 aliphatic carbocycles. The molecule has 0 bridgehead atoms. The van der Waals surface area contributed by atoms with Crippen LogP contribution in [-0.2, 0) is 10.0 Å². The van der Waals surface area contributed by atoms with Crippen molar-refractivity contribution in [3.8, 4) is 0 Å². The van der Waals surface area contributed by atoms with E-state index < -0.39 is 16.1 Å². The number of benzene rings is 3. The van der Waals surface area contributed by atoms with E-state index in [-0.39, 0.29) is 4.90 Å². The molecule has 3 aromatic carbocycles. The van der Waals surface area contributed by atoms with E-state index in [0.29, 0.717) is 23.0 Å². The van der Waals surface area contributed by atoms with Gasteiger partial charge in [-0.05, 0) is 53.9 Å². The van der Waals surface area contributed by atoms with Gasteiger partial charge in [0, 0.05) is 11.4 Å². The Morgan fingerprint density at radius 3 is 2.00 bits per heavy atom. The highest BCUT2D eigenvalue weighted by Gasteiger charge is 2.15. The zero-order chi connectivity index (χ0) is 20.9. The van der Waals surface area contributed by atoms with Crippen LogP contribution in [0.1, 0.15) is 25.3 Å². The predicted octanol–water partition coefficient (Wildman–Crippen LogP) is 5.25. The zero-order valence-corrected chi connectivity index (χ0v) is 17.0. The smallest absolute Gasteiger partial charge is 0.308 e. The molecule has 0 fully saturated rings. The summed E-state index contributed by atoms with van der Waals surface area (Å²) in [4.78, 5) is 12.3. The molecule has 29 heavy (non-hydrogen) atoms. The number of carbonyl (C=O) groups is 1. The summed E-state index contributed by atoms with van der Waals surface area (Å²) in [5.74, 6) is 0.324. The number of urea groups is 1. The number of rotatable bonds is 6. The van der Waals surface area contributed by atoms with Gasteiger partial charge in [0.15, 0.2) is 0 Å². The summed E-state index contributed by atoms with van der Waals surface area (Å²) in [5, 5.41) is 5.40. The van der Waals surface area contributed by atoms with Gasteiger partial charge in [-0.15, -0.1) is 0 Å². The highest BCUT2D eigenvalue weighted by molar-refractivity contribution is 7.92. The van der Waals surface area contributed by atoms with Gasteiger partial charge in [-0.25, -0.2) is 13.2 Å². The second-order valence-electron chi connectivity index (χ2n) is 6.86. The molecule has 0 aliphatic rings. The number of anilines is 3. The maximum atomic E-state index is 12.6. The Labute approximate surface area is 171 Å². The van der Waals surface area contributed by atoms with Crippen LogP contribution < -0.4 is 15.4 Å². The van der Waals surface area contributed by atoms with E-state index in [1.807, 2.05) is 44.2 Å². The fraction of sp³-hybridized carbons (Fsp3) is 0.136. The van der Waals surface area contributed by atoms with Crippen LogP contribution in [0.3, 0.4) is 0 Å². The van der Waals surface area contributed by atoms with Gasteiger partial charge in [0.25, 0.3) is 10.0 Å². The molecule has 0 heterocycles. The van der Waals surface area contributed by atoms with E-state index in [9.17, 15) is 13.2 Å². The van der Waals surface area contributed by atoms with Gasteiger partial charge in [-0.1, -0.05) is 50.2 Å². The SMILES string of the molecule is CC(C)c1ccc(S(=O)(=O)Nc2cccc(NC(=O)Nc3ccccc3)c2)cc1. The van der Waals surface area contributed by atoms with Crippen LogP contribution >= 0.6 is 0 Å². The number of hydrogen-bond donors (Lipinski definition) is 3. The lowest BCUT2D eigenvalue weighted by molar-refractivity contribution is 0.262. The van der Waals surface area contributed by atoms with Crippen LogP contribution in [0.25, 0.3) is 0 Å².